The largest absolute Gasteiger partial charge is 0.467 e. The molecule has 0 aliphatic carbocycles. The fourth-order valence-corrected chi connectivity index (χ4v) is 1.91. The van der Waals surface area contributed by atoms with Gasteiger partial charge in [-0.2, -0.15) is 5.10 Å². The smallest absolute Gasteiger partial charge is 0.330 e. The van der Waals surface area contributed by atoms with Gasteiger partial charge in [0, 0.05) is 23.8 Å². The molecule has 0 saturated carbocycles. The summed E-state index contributed by atoms with van der Waals surface area (Å²) >= 11 is 0. The lowest BCUT2D eigenvalue weighted by Crippen LogP contribution is -2.23. The van der Waals surface area contributed by atoms with E-state index >= 15 is 0 Å². The van der Waals surface area contributed by atoms with Gasteiger partial charge in [0.25, 0.3) is 0 Å². The quantitative estimate of drug-likeness (QED) is 0.812. The van der Waals surface area contributed by atoms with Gasteiger partial charge in [0.05, 0.1) is 12.8 Å². The highest BCUT2D eigenvalue weighted by Gasteiger charge is 2.21. The molecule has 0 aromatic carbocycles. The Morgan fingerprint density at radius 1 is 1.39 bits per heavy atom. The molecule has 1 N–H and O–H groups in total. The van der Waals surface area contributed by atoms with Crippen LogP contribution < -0.4 is 5.32 Å². The molecule has 5 nitrogen and oxygen atoms in total. The van der Waals surface area contributed by atoms with Crippen LogP contribution in [0.15, 0.2) is 0 Å². The molecule has 5 heteroatoms. The Hall–Kier alpha value is -1.36. The summed E-state index contributed by atoms with van der Waals surface area (Å²) in [5, 5.41) is 7.80. The van der Waals surface area contributed by atoms with E-state index in [9.17, 15) is 4.79 Å². The molecule has 0 fully saturated rings. The maximum absolute atomic E-state index is 11.6. The molecule has 18 heavy (non-hydrogen) atoms. The van der Waals surface area contributed by atoms with Gasteiger partial charge in [-0.05, 0) is 20.8 Å². The molecule has 0 aliphatic heterocycles. The Balaban J connectivity index is 2.96. The monoisotopic (exact) mass is 253 g/mol. The van der Waals surface area contributed by atoms with E-state index in [0.717, 1.165) is 23.5 Å². The van der Waals surface area contributed by atoms with Crippen LogP contribution in [0.3, 0.4) is 0 Å². The number of nitrogens with zero attached hydrogens (tertiary/aromatic N) is 2. The summed E-state index contributed by atoms with van der Waals surface area (Å²) in [6.45, 7) is 10.7. The molecule has 1 rings (SSSR count). The topological polar surface area (TPSA) is 56.2 Å². The fraction of sp³-hybridized carbons (Fsp3) is 0.692. The number of nitrogens with one attached hydrogen (secondary N) is 1. The number of aryl methyl sites for hydroxylation is 1. The summed E-state index contributed by atoms with van der Waals surface area (Å²) in [6.07, 6.45) is 0. The lowest BCUT2D eigenvalue weighted by atomic mass is 10.2. The molecule has 0 radical (unpaired) electrons. The van der Waals surface area contributed by atoms with Crippen molar-refractivity contribution in [3.63, 3.8) is 0 Å². The van der Waals surface area contributed by atoms with Crippen LogP contribution in [0.1, 0.15) is 43.8 Å². The second-order valence-electron chi connectivity index (χ2n) is 4.83. The maximum Gasteiger partial charge on any atom is 0.330 e. The number of carbonyl (C=O) groups excluding carboxylic acids is 1. The molecular formula is C13H23N3O2. The summed E-state index contributed by atoms with van der Waals surface area (Å²) < 4.78 is 6.49. The number of hydrogen-bond acceptors (Lipinski definition) is 4. The van der Waals surface area contributed by atoms with Crippen LogP contribution >= 0.6 is 0 Å². The Kier molecular flexibility index (Phi) is 4.90. The molecule has 0 spiro atoms. The first-order valence-electron chi connectivity index (χ1n) is 6.24. The molecule has 1 aromatic rings. The molecule has 102 valence electrons. The molecule has 0 aliphatic rings. The van der Waals surface area contributed by atoms with E-state index in [1.807, 2.05) is 13.8 Å². The van der Waals surface area contributed by atoms with Gasteiger partial charge >= 0.3 is 5.97 Å². The van der Waals surface area contributed by atoms with Gasteiger partial charge in [0.1, 0.15) is 6.04 Å². The van der Waals surface area contributed by atoms with Gasteiger partial charge in [0.2, 0.25) is 0 Å². The zero-order valence-electron chi connectivity index (χ0n) is 12.1. The molecule has 1 unspecified atom stereocenters. The van der Waals surface area contributed by atoms with Crippen molar-refractivity contribution in [2.24, 2.45) is 0 Å². The SMILES string of the molecule is COC(=O)C(C)n1nc(C)c(CNC(C)C)c1C. The average Bonchev–Trinajstić information content (AvgIpc) is 2.60. The highest BCUT2D eigenvalue weighted by Crippen LogP contribution is 2.18. The van der Waals surface area contributed by atoms with Crippen molar-refractivity contribution in [1.82, 2.24) is 15.1 Å². The summed E-state index contributed by atoms with van der Waals surface area (Å²) in [7, 11) is 1.39. The second kappa shape index (κ2) is 6.00. The first-order chi connectivity index (χ1) is 8.38. The van der Waals surface area contributed by atoms with Crippen LogP contribution in [-0.4, -0.2) is 28.9 Å². The van der Waals surface area contributed by atoms with Gasteiger partial charge in [-0.15, -0.1) is 0 Å². The van der Waals surface area contributed by atoms with Crippen molar-refractivity contribution in [3.05, 3.63) is 17.0 Å². The van der Waals surface area contributed by atoms with Crippen LogP contribution in [0.4, 0.5) is 0 Å². The average molecular weight is 253 g/mol. The number of ether oxygens (including phenoxy) is 1. The van der Waals surface area contributed by atoms with E-state index in [-0.39, 0.29) is 12.0 Å². The van der Waals surface area contributed by atoms with E-state index in [2.05, 4.69) is 24.3 Å². The van der Waals surface area contributed by atoms with Crippen LogP contribution in [-0.2, 0) is 16.1 Å². The van der Waals surface area contributed by atoms with Crippen molar-refractivity contribution >= 4 is 5.97 Å². The third-order valence-corrected chi connectivity index (χ3v) is 3.07. The van der Waals surface area contributed by atoms with E-state index in [4.69, 9.17) is 4.74 Å². The number of esters is 1. The van der Waals surface area contributed by atoms with E-state index in [0.29, 0.717) is 6.04 Å². The van der Waals surface area contributed by atoms with E-state index in [1.165, 1.54) is 7.11 Å². The van der Waals surface area contributed by atoms with Gasteiger partial charge in [-0.1, -0.05) is 13.8 Å². The first-order valence-corrected chi connectivity index (χ1v) is 6.24. The molecule has 1 aromatic heterocycles. The Morgan fingerprint density at radius 3 is 2.50 bits per heavy atom. The Bertz CT molecular complexity index is 424. The summed E-state index contributed by atoms with van der Waals surface area (Å²) in [4.78, 5) is 11.6. The predicted molar refractivity (Wildman–Crippen MR) is 70.4 cm³/mol. The Labute approximate surface area is 109 Å². The second-order valence-corrected chi connectivity index (χ2v) is 4.83. The van der Waals surface area contributed by atoms with Crippen molar-refractivity contribution < 1.29 is 9.53 Å². The minimum absolute atomic E-state index is 0.274. The highest BCUT2D eigenvalue weighted by molar-refractivity contribution is 5.73. The Morgan fingerprint density at radius 2 is 2.00 bits per heavy atom. The van der Waals surface area contributed by atoms with E-state index < -0.39 is 0 Å². The lowest BCUT2D eigenvalue weighted by Gasteiger charge is -2.12. The van der Waals surface area contributed by atoms with E-state index in [1.54, 1.807) is 11.6 Å². The molecule has 0 amide bonds. The molecule has 0 saturated heterocycles. The van der Waals surface area contributed by atoms with Crippen LogP contribution in [0.25, 0.3) is 0 Å². The number of carbonyl (C=O) groups is 1. The molecular weight excluding hydrogens is 230 g/mol. The molecule has 1 atom stereocenters. The molecule has 1 heterocycles. The minimum Gasteiger partial charge on any atom is -0.467 e. The summed E-state index contributed by atoms with van der Waals surface area (Å²) in [5.74, 6) is -0.274. The number of methoxy groups -OCH3 is 1. The van der Waals surface area contributed by atoms with Gasteiger partial charge in [0.15, 0.2) is 0 Å². The lowest BCUT2D eigenvalue weighted by molar-refractivity contribution is -0.144. The first kappa shape index (κ1) is 14.7. The zero-order chi connectivity index (χ0) is 13.9. The van der Waals surface area contributed by atoms with Crippen molar-refractivity contribution in [3.8, 4) is 0 Å². The van der Waals surface area contributed by atoms with Gasteiger partial charge in [-0.3, -0.25) is 4.68 Å². The van der Waals surface area contributed by atoms with Crippen molar-refractivity contribution in [2.45, 2.75) is 53.2 Å². The van der Waals surface area contributed by atoms with Gasteiger partial charge in [-0.25, -0.2) is 4.79 Å². The van der Waals surface area contributed by atoms with Crippen molar-refractivity contribution in [1.29, 1.82) is 0 Å². The summed E-state index contributed by atoms with van der Waals surface area (Å²) in [6, 6.07) is 0.0340. The predicted octanol–water partition coefficient (Wildman–Crippen LogP) is 1.73. The minimum atomic E-state index is -0.388. The standard InChI is InChI=1S/C13H23N3O2/c1-8(2)14-7-12-9(3)15-16(10(12)4)11(5)13(17)18-6/h8,11,14H,7H2,1-6H3. The van der Waals surface area contributed by atoms with Gasteiger partial charge < -0.3 is 10.1 Å². The molecule has 0 bridgehead atoms. The highest BCUT2D eigenvalue weighted by atomic mass is 16.5. The van der Waals surface area contributed by atoms with Crippen LogP contribution in [0.2, 0.25) is 0 Å². The third-order valence-electron chi connectivity index (χ3n) is 3.07. The fourth-order valence-electron chi connectivity index (χ4n) is 1.91. The van der Waals surface area contributed by atoms with Crippen molar-refractivity contribution in [2.75, 3.05) is 7.11 Å². The number of rotatable bonds is 5. The normalized spacial score (nSPS) is 12.8. The van der Waals surface area contributed by atoms with Crippen LogP contribution in [0.5, 0.6) is 0 Å². The third kappa shape index (κ3) is 3.10. The van der Waals surface area contributed by atoms with Crippen LogP contribution in [0, 0.1) is 13.8 Å². The number of aromatic nitrogens is 2. The number of hydrogen-bond donors (Lipinski definition) is 1. The summed E-state index contributed by atoms with van der Waals surface area (Å²) in [5.41, 5.74) is 3.12. The maximum atomic E-state index is 11.6. The zero-order valence-corrected chi connectivity index (χ0v) is 12.1.